The molecule has 0 saturated carbocycles. The van der Waals surface area contributed by atoms with E-state index in [0.29, 0.717) is 5.75 Å². The van der Waals surface area contributed by atoms with Crippen molar-refractivity contribution in [2.75, 3.05) is 0 Å². The predicted octanol–water partition coefficient (Wildman–Crippen LogP) is 2.34. The van der Waals surface area contributed by atoms with Gasteiger partial charge in [0.2, 0.25) is 0 Å². The van der Waals surface area contributed by atoms with Crippen molar-refractivity contribution in [1.82, 2.24) is 9.55 Å². The van der Waals surface area contributed by atoms with Gasteiger partial charge in [-0.3, -0.25) is 4.79 Å². The summed E-state index contributed by atoms with van der Waals surface area (Å²) in [7, 11) is 1.85. The van der Waals surface area contributed by atoms with Crippen molar-refractivity contribution in [2.24, 2.45) is 7.05 Å². The van der Waals surface area contributed by atoms with E-state index in [1.807, 2.05) is 11.6 Å². The molecule has 0 spiro atoms. The first-order valence-corrected chi connectivity index (χ1v) is 5.47. The summed E-state index contributed by atoms with van der Waals surface area (Å²) >= 11 is 0. The van der Waals surface area contributed by atoms with Gasteiger partial charge in [-0.25, -0.2) is 9.37 Å². The highest BCUT2D eigenvalue weighted by molar-refractivity contribution is 5.96. The second-order valence-corrected chi connectivity index (χ2v) is 3.94. The molecular weight excluding hydrogens is 235 g/mol. The summed E-state index contributed by atoms with van der Waals surface area (Å²) in [6, 6.07) is 3.89. The first kappa shape index (κ1) is 12.3. The van der Waals surface area contributed by atoms with E-state index in [9.17, 15) is 9.18 Å². The Labute approximate surface area is 104 Å². The number of ether oxygens (including phenoxy) is 1. The number of ketones is 1. The van der Waals surface area contributed by atoms with E-state index in [1.165, 1.54) is 25.1 Å². The van der Waals surface area contributed by atoms with Crippen molar-refractivity contribution < 1.29 is 13.9 Å². The average Bonchev–Trinajstić information content (AvgIpc) is 2.73. The van der Waals surface area contributed by atoms with E-state index < -0.39 is 5.82 Å². The number of hydrogen-bond acceptors (Lipinski definition) is 3. The van der Waals surface area contributed by atoms with E-state index >= 15 is 0 Å². The Hall–Kier alpha value is -2.17. The van der Waals surface area contributed by atoms with Crippen LogP contribution >= 0.6 is 0 Å². The third-order valence-corrected chi connectivity index (χ3v) is 2.60. The monoisotopic (exact) mass is 248 g/mol. The zero-order valence-corrected chi connectivity index (χ0v) is 10.2. The predicted molar refractivity (Wildman–Crippen MR) is 63.9 cm³/mol. The molecule has 0 atom stereocenters. The molecule has 0 fully saturated rings. The molecule has 1 heterocycles. The number of rotatable bonds is 4. The summed E-state index contributed by atoms with van der Waals surface area (Å²) < 4.78 is 20.4. The molecule has 0 N–H and O–H groups in total. The summed E-state index contributed by atoms with van der Waals surface area (Å²) in [6.07, 6.45) is 3.46. The quantitative estimate of drug-likeness (QED) is 0.780. The first-order valence-electron chi connectivity index (χ1n) is 5.47. The topological polar surface area (TPSA) is 44.1 Å². The Balaban J connectivity index is 2.19. The molecule has 0 amide bonds. The van der Waals surface area contributed by atoms with Crippen LogP contribution in [0.5, 0.6) is 5.75 Å². The van der Waals surface area contributed by atoms with Gasteiger partial charge in [0.15, 0.2) is 5.78 Å². The van der Waals surface area contributed by atoms with Crippen molar-refractivity contribution in [3.63, 3.8) is 0 Å². The average molecular weight is 248 g/mol. The molecular formula is C13H13FN2O2. The van der Waals surface area contributed by atoms with Gasteiger partial charge < -0.3 is 9.30 Å². The third-order valence-electron chi connectivity index (χ3n) is 2.60. The fraction of sp³-hybridized carbons (Fsp3) is 0.231. The Morgan fingerprint density at radius 2 is 2.28 bits per heavy atom. The number of imidazole rings is 1. The van der Waals surface area contributed by atoms with Crippen LogP contribution in [0.1, 0.15) is 23.1 Å². The molecule has 1 aromatic carbocycles. The van der Waals surface area contributed by atoms with Gasteiger partial charge in [-0.05, 0) is 25.1 Å². The molecule has 4 nitrogen and oxygen atoms in total. The van der Waals surface area contributed by atoms with E-state index in [4.69, 9.17) is 4.74 Å². The standard InChI is InChI=1S/C13H13FN2O2/c1-9(17)11-7-10(14)3-4-12(11)18-8-13-15-5-6-16(13)2/h3-7H,8H2,1-2H3. The fourth-order valence-corrected chi connectivity index (χ4v) is 1.58. The van der Waals surface area contributed by atoms with Gasteiger partial charge in [-0.15, -0.1) is 0 Å². The Kier molecular flexibility index (Phi) is 3.41. The number of aromatic nitrogens is 2. The molecule has 0 aliphatic carbocycles. The molecule has 0 saturated heterocycles. The Bertz CT molecular complexity index is 578. The maximum Gasteiger partial charge on any atom is 0.163 e. The molecule has 18 heavy (non-hydrogen) atoms. The number of hydrogen-bond donors (Lipinski definition) is 0. The first-order chi connectivity index (χ1) is 8.58. The lowest BCUT2D eigenvalue weighted by molar-refractivity contribution is 0.101. The number of benzene rings is 1. The van der Waals surface area contributed by atoms with Crippen molar-refractivity contribution >= 4 is 5.78 Å². The minimum Gasteiger partial charge on any atom is -0.485 e. The van der Waals surface area contributed by atoms with Gasteiger partial charge in [0.1, 0.15) is 24.0 Å². The van der Waals surface area contributed by atoms with Gasteiger partial charge in [0.05, 0.1) is 5.56 Å². The van der Waals surface area contributed by atoms with Crippen molar-refractivity contribution in [2.45, 2.75) is 13.5 Å². The molecule has 0 radical (unpaired) electrons. The van der Waals surface area contributed by atoms with E-state index in [1.54, 1.807) is 12.4 Å². The van der Waals surface area contributed by atoms with Crippen molar-refractivity contribution in [1.29, 1.82) is 0 Å². The normalized spacial score (nSPS) is 10.4. The summed E-state index contributed by atoms with van der Waals surface area (Å²) in [5, 5.41) is 0. The minimum absolute atomic E-state index is 0.232. The Morgan fingerprint density at radius 3 is 2.89 bits per heavy atom. The van der Waals surface area contributed by atoms with E-state index in [-0.39, 0.29) is 18.0 Å². The molecule has 94 valence electrons. The van der Waals surface area contributed by atoms with Gasteiger partial charge in [0, 0.05) is 19.4 Å². The number of carbonyl (C=O) groups excluding carboxylic acids is 1. The zero-order chi connectivity index (χ0) is 13.1. The third kappa shape index (κ3) is 2.56. The van der Waals surface area contributed by atoms with Gasteiger partial charge in [-0.1, -0.05) is 0 Å². The lowest BCUT2D eigenvalue weighted by Crippen LogP contribution is -2.06. The van der Waals surface area contributed by atoms with Crippen LogP contribution in [-0.4, -0.2) is 15.3 Å². The minimum atomic E-state index is -0.454. The molecule has 0 unspecified atom stereocenters. The van der Waals surface area contributed by atoms with Crippen LogP contribution in [0.2, 0.25) is 0 Å². The second kappa shape index (κ2) is 5.00. The summed E-state index contributed by atoms with van der Waals surface area (Å²) in [5.74, 6) is 0.412. The van der Waals surface area contributed by atoms with Crippen molar-refractivity contribution in [3.05, 3.63) is 47.8 Å². The maximum atomic E-state index is 13.1. The lowest BCUT2D eigenvalue weighted by Gasteiger charge is -2.09. The number of nitrogens with zero attached hydrogens (tertiary/aromatic N) is 2. The Morgan fingerprint density at radius 1 is 1.50 bits per heavy atom. The highest BCUT2D eigenvalue weighted by Gasteiger charge is 2.10. The van der Waals surface area contributed by atoms with Crippen molar-refractivity contribution in [3.8, 4) is 5.75 Å². The smallest absolute Gasteiger partial charge is 0.163 e. The van der Waals surface area contributed by atoms with Crippen LogP contribution in [0, 0.1) is 5.82 Å². The number of halogens is 1. The molecule has 1 aromatic heterocycles. The fourth-order valence-electron chi connectivity index (χ4n) is 1.58. The molecule has 0 aliphatic heterocycles. The highest BCUT2D eigenvalue weighted by Crippen LogP contribution is 2.21. The SMILES string of the molecule is CC(=O)c1cc(F)ccc1OCc1nccn1C. The lowest BCUT2D eigenvalue weighted by atomic mass is 10.1. The van der Waals surface area contributed by atoms with Gasteiger partial charge >= 0.3 is 0 Å². The van der Waals surface area contributed by atoms with Gasteiger partial charge in [0.25, 0.3) is 0 Å². The van der Waals surface area contributed by atoms with Crippen LogP contribution in [0.3, 0.4) is 0 Å². The summed E-state index contributed by atoms with van der Waals surface area (Å²) in [6.45, 7) is 1.61. The zero-order valence-electron chi connectivity index (χ0n) is 10.2. The highest BCUT2D eigenvalue weighted by atomic mass is 19.1. The number of aryl methyl sites for hydroxylation is 1. The van der Waals surface area contributed by atoms with E-state index in [2.05, 4.69) is 4.98 Å². The maximum absolute atomic E-state index is 13.1. The second-order valence-electron chi connectivity index (χ2n) is 3.94. The van der Waals surface area contributed by atoms with Gasteiger partial charge in [-0.2, -0.15) is 0 Å². The molecule has 2 rings (SSSR count). The van der Waals surface area contributed by atoms with E-state index in [0.717, 1.165) is 5.82 Å². The molecule has 0 bridgehead atoms. The number of Topliss-reactive ketones (excluding diaryl/α,β-unsaturated/α-hetero) is 1. The molecule has 5 heteroatoms. The summed E-state index contributed by atoms with van der Waals surface area (Å²) in [5.41, 5.74) is 0.240. The van der Waals surface area contributed by atoms with Crippen LogP contribution in [0.4, 0.5) is 4.39 Å². The number of carbonyl (C=O) groups is 1. The van der Waals surface area contributed by atoms with Crippen LogP contribution in [-0.2, 0) is 13.7 Å². The molecule has 2 aromatic rings. The largest absolute Gasteiger partial charge is 0.485 e. The molecule has 0 aliphatic rings. The summed E-state index contributed by atoms with van der Waals surface area (Å²) in [4.78, 5) is 15.5. The van der Waals surface area contributed by atoms with Crippen LogP contribution in [0.15, 0.2) is 30.6 Å². The van der Waals surface area contributed by atoms with Crippen LogP contribution < -0.4 is 4.74 Å². The van der Waals surface area contributed by atoms with Crippen LogP contribution in [0.25, 0.3) is 0 Å².